The van der Waals surface area contributed by atoms with Gasteiger partial charge in [0.2, 0.25) is 0 Å². The largest absolute Gasteiger partial charge is 0.351 e. The van der Waals surface area contributed by atoms with Gasteiger partial charge in [-0.15, -0.1) is 0 Å². The van der Waals surface area contributed by atoms with Crippen molar-refractivity contribution in [3.63, 3.8) is 0 Å². The first-order valence-electron chi connectivity index (χ1n) is 6.95. The molecule has 1 saturated heterocycles. The van der Waals surface area contributed by atoms with E-state index in [9.17, 15) is 13.2 Å². The number of halogens is 3. The molecule has 2 heterocycles. The van der Waals surface area contributed by atoms with E-state index in [2.05, 4.69) is 4.98 Å². The van der Waals surface area contributed by atoms with Gasteiger partial charge >= 0.3 is 0 Å². The summed E-state index contributed by atoms with van der Waals surface area (Å²) < 4.78 is 40.1. The number of pyridine rings is 1. The summed E-state index contributed by atoms with van der Waals surface area (Å²) in [4.78, 5) is 5.35. The van der Waals surface area contributed by atoms with Crippen molar-refractivity contribution in [1.29, 1.82) is 0 Å². The van der Waals surface area contributed by atoms with Crippen molar-refractivity contribution in [2.45, 2.75) is 44.6 Å². The van der Waals surface area contributed by atoms with E-state index in [4.69, 9.17) is 0 Å². The number of nitrogens with zero attached hydrogens (tertiary/aromatic N) is 2. The zero-order valence-electron chi connectivity index (χ0n) is 10.7. The quantitative estimate of drug-likeness (QED) is 0.724. The second-order valence-electron chi connectivity index (χ2n) is 5.51. The minimum atomic E-state index is -1.22. The summed E-state index contributed by atoms with van der Waals surface area (Å²) >= 11 is 0. The first kappa shape index (κ1) is 12.8. The fourth-order valence-electron chi connectivity index (χ4n) is 3.52. The zero-order valence-corrected chi connectivity index (χ0v) is 10.7. The molecule has 19 heavy (non-hydrogen) atoms. The predicted octanol–water partition coefficient (Wildman–Crippen LogP) is 3.66. The molecule has 1 aliphatic heterocycles. The first-order valence-corrected chi connectivity index (χ1v) is 6.95. The molecule has 0 spiro atoms. The summed E-state index contributed by atoms with van der Waals surface area (Å²) in [5.74, 6) is -2.68. The maximum atomic E-state index is 13.9. The molecule has 1 saturated carbocycles. The molecule has 0 radical (unpaired) electrons. The molecular weight excluding hydrogens is 253 g/mol. The minimum absolute atomic E-state index is 0.0181. The van der Waals surface area contributed by atoms with E-state index < -0.39 is 17.6 Å². The van der Waals surface area contributed by atoms with E-state index in [1.165, 1.54) is 6.42 Å². The van der Waals surface area contributed by atoms with Crippen LogP contribution in [0.15, 0.2) is 6.07 Å². The highest BCUT2D eigenvalue weighted by Gasteiger charge is 2.35. The average Bonchev–Trinajstić information content (AvgIpc) is 2.42. The summed E-state index contributed by atoms with van der Waals surface area (Å²) in [5, 5.41) is 0. The van der Waals surface area contributed by atoms with E-state index in [0.717, 1.165) is 32.1 Å². The Bertz CT molecular complexity index is 476. The Morgan fingerprint density at radius 2 is 1.74 bits per heavy atom. The fraction of sp³-hybridized carbons (Fsp3) is 0.643. The van der Waals surface area contributed by atoms with Crippen LogP contribution in [0.25, 0.3) is 0 Å². The Labute approximate surface area is 110 Å². The van der Waals surface area contributed by atoms with E-state index in [-0.39, 0.29) is 11.9 Å². The standard InChI is InChI=1S/C14H17F3N2/c15-10-8-11(16)14(18-13(10)17)19-7-3-5-9-4-1-2-6-12(9)19/h8-9,12H,1-7H2/t9-,12-/m1/s1. The molecule has 0 aromatic carbocycles. The highest BCUT2D eigenvalue weighted by atomic mass is 19.2. The van der Waals surface area contributed by atoms with Gasteiger partial charge in [0.1, 0.15) is 0 Å². The van der Waals surface area contributed by atoms with Crippen LogP contribution in [0.5, 0.6) is 0 Å². The van der Waals surface area contributed by atoms with Crippen LogP contribution in [0, 0.1) is 23.5 Å². The fourth-order valence-corrected chi connectivity index (χ4v) is 3.52. The Balaban J connectivity index is 1.93. The van der Waals surface area contributed by atoms with Crippen LogP contribution in [0.2, 0.25) is 0 Å². The van der Waals surface area contributed by atoms with Crippen molar-refractivity contribution >= 4 is 5.82 Å². The lowest BCUT2D eigenvalue weighted by Crippen LogP contribution is -2.47. The van der Waals surface area contributed by atoms with Crippen molar-refractivity contribution in [2.24, 2.45) is 5.92 Å². The van der Waals surface area contributed by atoms with Crippen LogP contribution in [-0.2, 0) is 0 Å². The van der Waals surface area contributed by atoms with Crippen LogP contribution < -0.4 is 4.90 Å². The number of hydrogen-bond donors (Lipinski definition) is 0. The average molecular weight is 270 g/mol. The van der Waals surface area contributed by atoms with E-state index in [1.807, 2.05) is 4.90 Å². The van der Waals surface area contributed by atoms with Gasteiger partial charge in [-0.1, -0.05) is 12.8 Å². The van der Waals surface area contributed by atoms with Crippen LogP contribution >= 0.6 is 0 Å². The van der Waals surface area contributed by atoms with Gasteiger partial charge in [0.15, 0.2) is 17.5 Å². The number of rotatable bonds is 1. The summed E-state index contributed by atoms with van der Waals surface area (Å²) in [5.41, 5.74) is 0. The summed E-state index contributed by atoms with van der Waals surface area (Å²) in [7, 11) is 0. The van der Waals surface area contributed by atoms with Crippen molar-refractivity contribution in [3.05, 3.63) is 23.6 Å². The maximum absolute atomic E-state index is 13.9. The minimum Gasteiger partial charge on any atom is -0.351 e. The highest BCUT2D eigenvalue weighted by molar-refractivity contribution is 5.42. The monoisotopic (exact) mass is 270 g/mol. The Morgan fingerprint density at radius 1 is 1.00 bits per heavy atom. The Morgan fingerprint density at radius 3 is 2.58 bits per heavy atom. The van der Waals surface area contributed by atoms with Gasteiger partial charge in [-0.05, 0) is 31.6 Å². The number of anilines is 1. The topological polar surface area (TPSA) is 16.1 Å². The van der Waals surface area contributed by atoms with Crippen molar-refractivity contribution in [3.8, 4) is 0 Å². The smallest absolute Gasteiger partial charge is 0.251 e. The number of fused-ring (bicyclic) bond motifs is 1. The maximum Gasteiger partial charge on any atom is 0.251 e. The molecule has 104 valence electrons. The Hall–Kier alpha value is -1.26. The lowest BCUT2D eigenvalue weighted by molar-refractivity contribution is 0.240. The summed E-state index contributed by atoms with van der Waals surface area (Å²) in [6.45, 7) is 0.677. The van der Waals surface area contributed by atoms with Crippen molar-refractivity contribution < 1.29 is 13.2 Å². The molecular formula is C14H17F3N2. The molecule has 1 aromatic rings. The van der Waals surface area contributed by atoms with Gasteiger partial charge in [-0.2, -0.15) is 9.37 Å². The van der Waals surface area contributed by atoms with Gasteiger partial charge in [0.05, 0.1) is 0 Å². The molecule has 0 N–H and O–H groups in total. The molecule has 2 aliphatic rings. The highest BCUT2D eigenvalue weighted by Crippen LogP contribution is 2.37. The van der Waals surface area contributed by atoms with E-state index in [1.54, 1.807) is 0 Å². The number of aromatic nitrogens is 1. The lowest BCUT2D eigenvalue weighted by atomic mass is 9.78. The van der Waals surface area contributed by atoms with Crippen LogP contribution in [0.1, 0.15) is 38.5 Å². The SMILES string of the molecule is Fc1cc(F)c(N2CCC[C@H]3CCCC[C@H]32)nc1F. The van der Waals surface area contributed by atoms with Gasteiger partial charge in [-0.25, -0.2) is 8.78 Å². The molecule has 0 bridgehead atoms. The van der Waals surface area contributed by atoms with Gasteiger partial charge < -0.3 is 4.90 Å². The molecule has 1 aromatic heterocycles. The third kappa shape index (κ3) is 2.30. The zero-order chi connectivity index (χ0) is 13.4. The molecule has 0 unspecified atom stereocenters. The normalized spacial score (nSPS) is 27.2. The third-order valence-corrected chi connectivity index (χ3v) is 4.38. The van der Waals surface area contributed by atoms with Gasteiger partial charge in [0.25, 0.3) is 5.95 Å². The second-order valence-corrected chi connectivity index (χ2v) is 5.51. The molecule has 5 heteroatoms. The van der Waals surface area contributed by atoms with Crippen molar-refractivity contribution in [2.75, 3.05) is 11.4 Å². The van der Waals surface area contributed by atoms with E-state index in [0.29, 0.717) is 18.5 Å². The molecule has 0 amide bonds. The Kier molecular flexibility index (Phi) is 3.37. The summed E-state index contributed by atoms with van der Waals surface area (Å²) in [6.07, 6.45) is 6.57. The van der Waals surface area contributed by atoms with Gasteiger partial charge in [-0.3, -0.25) is 0 Å². The van der Waals surface area contributed by atoms with Crippen molar-refractivity contribution in [1.82, 2.24) is 4.98 Å². The van der Waals surface area contributed by atoms with Crippen LogP contribution in [0.4, 0.5) is 19.0 Å². The van der Waals surface area contributed by atoms with Gasteiger partial charge in [0, 0.05) is 18.7 Å². The molecule has 3 rings (SSSR count). The lowest BCUT2D eigenvalue weighted by Gasteiger charge is -2.44. The molecule has 2 atom stereocenters. The summed E-state index contributed by atoms with van der Waals surface area (Å²) in [6, 6.07) is 0.832. The molecule has 2 fully saturated rings. The van der Waals surface area contributed by atoms with E-state index >= 15 is 0 Å². The number of hydrogen-bond acceptors (Lipinski definition) is 2. The first-order chi connectivity index (χ1) is 9.16. The predicted molar refractivity (Wildman–Crippen MR) is 66.4 cm³/mol. The van der Waals surface area contributed by atoms with Crippen LogP contribution in [-0.4, -0.2) is 17.6 Å². The molecule has 2 nitrogen and oxygen atoms in total. The number of piperidine rings is 1. The van der Waals surface area contributed by atoms with Crippen LogP contribution in [0.3, 0.4) is 0 Å². The third-order valence-electron chi connectivity index (χ3n) is 4.38. The second kappa shape index (κ2) is 5.02. The molecule has 1 aliphatic carbocycles.